The molecule has 0 unspecified atom stereocenters. The summed E-state index contributed by atoms with van der Waals surface area (Å²) >= 11 is 0. The molecule has 1 heterocycles. The summed E-state index contributed by atoms with van der Waals surface area (Å²) in [4.78, 5) is 2.06. The number of nitriles is 1. The topological polar surface area (TPSA) is 27.0 Å². The third-order valence-corrected chi connectivity index (χ3v) is 3.90. The second-order valence-corrected chi connectivity index (χ2v) is 6.18. The molecule has 1 aliphatic heterocycles. The highest BCUT2D eigenvalue weighted by atomic mass is 19.2. The quantitative estimate of drug-likeness (QED) is 0.738. The van der Waals surface area contributed by atoms with Gasteiger partial charge in [-0.2, -0.15) is 5.26 Å². The van der Waals surface area contributed by atoms with Crippen LogP contribution in [0, 0.1) is 34.7 Å². The van der Waals surface area contributed by atoms with Gasteiger partial charge >= 0.3 is 0 Å². The van der Waals surface area contributed by atoms with Crippen molar-refractivity contribution in [3.05, 3.63) is 35.1 Å². The molecule has 20 heavy (non-hydrogen) atoms. The van der Waals surface area contributed by atoms with E-state index in [2.05, 4.69) is 11.0 Å². The minimum absolute atomic E-state index is 0.0854. The molecule has 1 aliphatic rings. The van der Waals surface area contributed by atoms with Crippen LogP contribution < -0.4 is 0 Å². The van der Waals surface area contributed by atoms with Gasteiger partial charge in [0.15, 0.2) is 17.5 Å². The van der Waals surface area contributed by atoms with Gasteiger partial charge in [0, 0.05) is 24.5 Å². The predicted molar refractivity (Wildman–Crippen MR) is 69.5 cm³/mol. The molecule has 1 aromatic rings. The summed E-state index contributed by atoms with van der Waals surface area (Å²) in [5, 5.41) is 9.23. The Morgan fingerprint density at radius 1 is 1.15 bits per heavy atom. The van der Waals surface area contributed by atoms with Crippen molar-refractivity contribution in [2.75, 3.05) is 13.1 Å². The maximum absolute atomic E-state index is 13.9. The summed E-state index contributed by atoms with van der Waals surface area (Å²) in [6, 6.07) is 4.31. The van der Waals surface area contributed by atoms with E-state index in [-0.39, 0.29) is 11.1 Å². The van der Waals surface area contributed by atoms with Crippen LogP contribution in [0.15, 0.2) is 12.1 Å². The molecular weight excluding hydrogens is 265 g/mol. The van der Waals surface area contributed by atoms with Crippen molar-refractivity contribution < 1.29 is 13.2 Å². The van der Waals surface area contributed by atoms with E-state index in [0.717, 1.165) is 6.07 Å². The van der Waals surface area contributed by atoms with Crippen LogP contribution >= 0.6 is 0 Å². The molecule has 0 bridgehead atoms. The van der Waals surface area contributed by atoms with Crippen molar-refractivity contribution in [2.45, 2.75) is 32.2 Å². The summed E-state index contributed by atoms with van der Waals surface area (Å²) in [6.45, 7) is 6.98. The van der Waals surface area contributed by atoms with Gasteiger partial charge in [-0.15, -0.1) is 0 Å². The van der Waals surface area contributed by atoms with Gasteiger partial charge in [-0.25, -0.2) is 13.2 Å². The summed E-state index contributed by atoms with van der Waals surface area (Å²) in [7, 11) is 0. The molecular formula is C15H17F3N2. The van der Waals surface area contributed by atoms with Crippen LogP contribution in [0.5, 0.6) is 0 Å². The Balaban J connectivity index is 2.38. The number of likely N-dealkylation sites (tertiary alicyclic amines) is 1. The first kappa shape index (κ1) is 14.9. The summed E-state index contributed by atoms with van der Waals surface area (Å²) < 4.78 is 40.3. The highest BCUT2D eigenvalue weighted by Gasteiger charge is 2.40. The van der Waals surface area contributed by atoms with Crippen LogP contribution in [0.3, 0.4) is 0 Å². The Morgan fingerprint density at radius 3 is 2.35 bits per heavy atom. The van der Waals surface area contributed by atoms with Crippen molar-refractivity contribution >= 4 is 0 Å². The van der Waals surface area contributed by atoms with Gasteiger partial charge in [0.05, 0.1) is 12.0 Å². The van der Waals surface area contributed by atoms with Crippen molar-refractivity contribution in [3.8, 4) is 6.07 Å². The number of hydrogen-bond acceptors (Lipinski definition) is 2. The highest BCUT2D eigenvalue weighted by Crippen LogP contribution is 2.37. The maximum atomic E-state index is 13.9. The predicted octanol–water partition coefficient (Wildman–Crippen LogP) is 3.44. The van der Waals surface area contributed by atoms with Crippen molar-refractivity contribution in [2.24, 2.45) is 5.92 Å². The lowest BCUT2D eigenvalue weighted by atomic mass is 9.89. The first-order valence-corrected chi connectivity index (χ1v) is 6.53. The van der Waals surface area contributed by atoms with Gasteiger partial charge < -0.3 is 0 Å². The lowest BCUT2D eigenvalue weighted by molar-refractivity contribution is 0.170. The monoisotopic (exact) mass is 282 g/mol. The molecule has 0 amide bonds. The molecule has 0 saturated carbocycles. The fourth-order valence-corrected chi connectivity index (χ4v) is 2.62. The van der Waals surface area contributed by atoms with Crippen molar-refractivity contribution in [1.29, 1.82) is 5.26 Å². The fraction of sp³-hybridized carbons (Fsp3) is 0.533. The van der Waals surface area contributed by atoms with E-state index in [4.69, 9.17) is 0 Å². The molecule has 1 saturated heterocycles. The van der Waals surface area contributed by atoms with Crippen molar-refractivity contribution in [3.63, 3.8) is 0 Å². The van der Waals surface area contributed by atoms with Gasteiger partial charge in [-0.1, -0.05) is 6.07 Å². The van der Waals surface area contributed by atoms with E-state index in [1.807, 2.05) is 20.8 Å². The SMILES string of the molecule is CC(C)(C)N1C[C@H](c2ccc(F)c(F)c2F)[C@@H](C#N)C1. The third kappa shape index (κ3) is 2.53. The van der Waals surface area contributed by atoms with Crippen LogP contribution in [0.4, 0.5) is 13.2 Å². The Kier molecular flexibility index (Phi) is 3.79. The number of halogens is 3. The van der Waals surface area contributed by atoms with Gasteiger partial charge in [-0.05, 0) is 32.4 Å². The summed E-state index contributed by atoms with van der Waals surface area (Å²) in [5.74, 6) is -4.70. The molecule has 0 aliphatic carbocycles. The van der Waals surface area contributed by atoms with E-state index in [9.17, 15) is 18.4 Å². The normalized spacial score (nSPS) is 23.9. The molecule has 2 rings (SSSR count). The van der Waals surface area contributed by atoms with Gasteiger partial charge in [0.1, 0.15) is 0 Å². The van der Waals surface area contributed by atoms with E-state index >= 15 is 0 Å². The molecule has 1 fully saturated rings. The molecule has 1 aromatic carbocycles. The number of nitrogens with zero attached hydrogens (tertiary/aromatic N) is 2. The molecule has 0 radical (unpaired) electrons. The lowest BCUT2D eigenvalue weighted by Crippen LogP contribution is -2.39. The zero-order valence-corrected chi connectivity index (χ0v) is 11.8. The standard InChI is InChI=1S/C15H17F3N2/c1-15(2,3)20-7-9(6-19)11(8-20)10-4-5-12(16)14(18)13(10)17/h4-5,9,11H,7-8H2,1-3H3/t9-,11-/m0/s1. The molecule has 0 aromatic heterocycles. The zero-order chi connectivity index (χ0) is 15.1. The van der Waals surface area contributed by atoms with Crippen molar-refractivity contribution in [1.82, 2.24) is 4.90 Å². The Morgan fingerprint density at radius 2 is 1.80 bits per heavy atom. The van der Waals surface area contributed by atoms with Crippen LogP contribution in [-0.2, 0) is 0 Å². The van der Waals surface area contributed by atoms with Crippen LogP contribution in [0.25, 0.3) is 0 Å². The fourth-order valence-electron chi connectivity index (χ4n) is 2.62. The Bertz CT molecular complexity index is 557. The maximum Gasteiger partial charge on any atom is 0.194 e. The lowest BCUT2D eigenvalue weighted by Gasteiger charge is -2.31. The molecule has 108 valence electrons. The second-order valence-electron chi connectivity index (χ2n) is 6.18. The van der Waals surface area contributed by atoms with Gasteiger partial charge in [-0.3, -0.25) is 4.90 Å². The van der Waals surface area contributed by atoms with E-state index in [1.165, 1.54) is 6.07 Å². The number of rotatable bonds is 1. The number of benzene rings is 1. The first-order chi connectivity index (χ1) is 9.25. The molecule has 0 N–H and O–H groups in total. The smallest absolute Gasteiger partial charge is 0.194 e. The zero-order valence-electron chi connectivity index (χ0n) is 11.8. The molecule has 2 atom stereocenters. The summed E-state index contributed by atoms with van der Waals surface area (Å²) in [6.07, 6.45) is 0. The average molecular weight is 282 g/mol. The van der Waals surface area contributed by atoms with E-state index in [0.29, 0.717) is 13.1 Å². The van der Waals surface area contributed by atoms with Crippen LogP contribution in [-0.4, -0.2) is 23.5 Å². The minimum Gasteiger partial charge on any atom is -0.297 e. The molecule has 2 nitrogen and oxygen atoms in total. The summed E-state index contributed by atoms with van der Waals surface area (Å²) in [5.41, 5.74) is -0.0685. The minimum atomic E-state index is -1.46. The van der Waals surface area contributed by atoms with Gasteiger partial charge in [0.25, 0.3) is 0 Å². The first-order valence-electron chi connectivity index (χ1n) is 6.53. The number of hydrogen-bond donors (Lipinski definition) is 0. The average Bonchev–Trinajstić information content (AvgIpc) is 2.80. The van der Waals surface area contributed by atoms with Gasteiger partial charge in [0.2, 0.25) is 0 Å². The highest BCUT2D eigenvalue weighted by molar-refractivity contribution is 5.28. The van der Waals surface area contributed by atoms with Crippen LogP contribution in [0.2, 0.25) is 0 Å². The molecule has 5 heteroatoms. The van der Waals surface area contributed by atoms with Crippen LogP contribution in [0.1, 0.15) is 32.3 Å². The van der Waals surface area contributed by atoms with E-state index in [1.54, 1.807) is 0 Å². The third-order valence-electron chi connectivity index (χ3n) is 3.90. The molecule has 0 spiro atoms. The Labute approximate surface area is 116 Å². The van der Waals surface area contributed by atoms with E-state index < -0.39 is 29.3 Å². The second kappa shape index (κ2) is 5.10. The largest absolute Gasteiger partial charge is 0.297 e. The Hall–Kier alpha value is -1.54.